The largest absolute Gasteiger partial charge is 0.392 e. The van der Waals surface area contributed by atoms with Crippen LogP contribution in [0.25, 0.3) is 0 Å². The van der Waals surface area contributed by atoms with Crippen molar-refractivity contribution < 1.29 is 40.2 Å². The van der Waals surface area contributed by atoms with Crippen LogP contribution >= 0.6 is 0 Å². The van der Waals surface area contributed by atoms with E-state index >= 15 is 0 Å². The lowest BCUT2D eigenvalue weighted by Gasteiger charge is -2.62. The summed E-state index contributed by atoms with van der Waals surface area (Å²) in [6.07, 6.45) is 4.29. The van der Waals surface area contributed by atoms with Crippen LogP contribution in [0.3, 0.4) is 0 Å². The van der Waals surface area contributed by atoms with Crippen molar-refractivity contribution in [2.45, 2.75) is 134 Å². The summed E-state index contributed by atoms with van der Waals surface area (Å²) >= 11 is 0. The fraction of sp³-hybridized carbons (Fsp3) is 0.811. The number of aliphatic hydroxyl groups excluding tert-OH is 4. The molecule has 11 heteroatoms. The predicted molar refractivity (Wildman–Crippen MR) is 180 cm³/mol. The summed E-state index contributed by atoms with van der Waals surface area (Å²) < 4.78 is 6.00. The molecule has 0 spiro atoms. The predicted octanol–water partition coefficient (Wildman–Crippen LogP) is 1.36. The van der Waals surface area contributed by atoms with E-state index in [1.165, 1.54) is 0 Å². The van der Waals surface area contributed by atoms with Crippen molar-refractivity contribution in [1.82, 2.24) is 10.6 Å². The maximum Gasteiger partial charge on any atom is 0.182 e. The van der Waals surface area contributed by atoms with Gasteiger partial charge in [-0.15, -0.1) is 0 Å². The highest BCUT2D eigenvalue weighted by Gasteiger charge is 2.71. The second-order valence-corrected chi connectivity index (χ2v) is 16.8. The lowest BCUT2D eigenvalue weighted by molar-refractivity contribution is -0.196. The van der Waals surface area contributed by atoms with E-state index in [4.69, 9.17) is 10.5 Å². The highest BCUT2D eigenvalue weighted by atomic mass is 16.5. The summed E-state index contributed by atoms with van der Waals surface area (Å²) in [5.74, 6) is -1.31. The Bertz CT molecular complexity index is 1350. The molecular formula is C37H59N3O8. The molecule has 0 aromatic rings. The van der Waals surface area contributed by atoms with Crippen LogP contribution < -0.4 is 16.4 Å². The number of ether oxygens (including phenoxy) is 1. The van der Waals surface area contributed by atoms with Crippen LogP contribution in [-0.4, -0.2) is 97.5 Å². The smallest absolute Gasteiger partial charge is 0.182 e. The highest BCUT2D eigenvalue weighted by molar-refractivity contribution is 6.00. The van der Waals surface area contributed by atoms with Gasteiger partial charge >= 0.3 is 0 Å². The van der Waals surface area contributed by atoms with Gasteiger partial charge in [-0.2, -0.15) is 0 Å². The standard InChI is InChI=1S/C37H59N3O8/c1-19-18-48-32(21(19)3)33(45)35(5,46)27-10-13-37(47)29-23(9-11-34(27,37)4)36(12-8-22-6-7-28(38)39-17-22)15-26(43)25(42)14-24(36)31(44)30(29)40-16-20(2)41/h6-7,17,19-21,23-28,32-33,39-43,45-47H,8-16,18,38H2,1-5H3. The number of nitrogens with two attached hydrogens (primary N) is 1. The molecule has 2 aliphatic heterocycles. The highest BCUT2D eigenvalue weighted by Crippen LogP contribution is 2.70. The van der Waals surface area contributed by atoms with Gasteiger partial charge in [0.1, 0.15) is 6.10 Å². The summed E-state index contributed by atoms with van der Waals surface area (Å²) in [6.45, 7) is 10.0. The van der Waals surface area contributed by atoms with Gasteiger partial charge in [0, 0.05) is 30.7 Å². The molecule has 10 N–H and O–H groups in total. The quantitative estimate of drug-likeness (QED) is 0.171. The van der Waals surface area contributed by atoms with Gasteiger partial charge in [0.2, 0.25) is 0 Å². The number of fused-ring (bicyclic) bond motifs is 5. The lowest BCUT2D eigenvalue weighted by atomic mass is 9.43. The van der Waals surface area contributed by atoms with E-state index in [-0.39, 0.29) is 55.5 Å². The molecule has 4 aliphatic carbocycles. The molecule has 0 amide bonds. The Labute approximate surface area is 284 Å². The Kier molecular flexibility index (Phi) is 9.55. The number of dihydropyridines is 1. The number of Topliss-reactive ketones (excluding diaryl/α,β-unsaturated/α-hetero) is 1. The Balaban J connectivity index is 1.43. The fourth-order valence-electron chi connectivity index (χ4n) is 11.0. The Morgan fingerprint density at radius 3 is 2.52 bits per heavy atom. The number of carbonyl (C=O) groups is 1. The normalized spacial score (nSPS) is 46.5. The first-order valence-corrected chi connectivity index (χ1v) is 18.2. The van der Waals surface area contributed by atoms with Gasteiger partial charge in [0.15, 0.2) is 5.78 Å². The average Bonchev–Trinajstić information content (AvgIpc) is 3.52. The third-order valence-corrected chi connectivity index (χ3v) is 14.0. The molecule has 11 nitrogen and oxygen atoms in total. The Morgan fingerprint density at radius 1 is 1.17 bits per heavy atom. The zero-order valence-corrected chi connectivity index (χ0v) is 29.2. The molecule has 1 saturated heterocycles. The minimum Gasteiger partial charge on any atom is -0.392 e. The molecule has 6 aliphatic rings. The van der Waals surface area contributed by atoms with Crippen LogP contribution in [-0.2, 0) is 9.53 Å². The average molecular weight is 674 g/mol. The van der Waals surface area contributed by atoms with E-state index in [2.05, 4.69) is 17.6 Å². The summed E-state index contributed by atoms with van der Waals surface area (Å²) in [5, 5.41) is 75.9. The molecule has 0 bridgehead atoms. The van der Waals surface area contributed by atoms with Crippen LogP contribution in [0, 0.1) is 40.4 Å². The molecule has 0 aromatic carbocycles. The first-order valence-electron chi connectivity index (χ1n) is 18.2. The van der Waals surface area contributed by atoms with Gasteiger partial charge in [-0.25, -0.2) is 0 Å². The minimum absolute atomic E-state index is 0.0511. The summed E-state index contributed by atoms with van der Waals surface area (Å²) in [6, 6.07) is 0. The molecule has 2 heterocycles. The first-order chi connectivity index (χ1) is 22.5. The SMILES string of the molecule is CC(O)CNC1=C2C(CCC3(C)C(C(C)(O)C(O)C4OCC(C)C4C)CCC23O)C2(CCC3=CNC(N)C=C3)CC(O)C(O)CC2C1=O. The summed E-state index contributed by atoms with van der Waals surface area (Å²) in [5.41, 5.74) is 3.17. The van der Waals surface area contributed by atoms with Crippen molar-refractivity contribution in [2.24, 2.45) is 46.2 Å². The van der Waals surface area contributed by atoms with E-state index in [1.54, 1.807) is 13.8 Å². The van der Waals surface area contributed by atoms with Gasteiger partial charge in [-0.05, 0) is 112 Å². The van der Waals surface area contributed by atoms with Gasteiger partial charge in [-0.1, -0.05) is 26.8 Å². The molecule has 15 atom stereocenters. The Hall–Kier alpha value is -1.83. The van der Waals surface area contributed by atoms with E-state index in [0.29, 0.717) is 50.0 Å². The third kappa shape index (κ3) is 5.52. The van der Waals surface area contributed by atoms with E-state index in [1.807, 2.05) is 32.2 Å². The minimum atomic E-state index is -1.58. The topological polar surface area (TPSA) is 198 Å². The number of allylic oxidation sites excluding steroid dienone is 3. The van der Waals surface area contributed by atoms with E-state index < -0.39 is 64.4 Å². The molecule has 3 saturated carbocycles. The number of hydrogen-bond donors (Lipinski definition) is 9. The van der Waals surface area contributed by atoms with Gasteiger partial charge in [-0.3, -0.25) is 4.79 Å². The Morgan fingerprint density at radius 2 is 1.90 bits per heavy atom. The second-order valence-electron chi connectivity index (χ2n) is 16.8. The maximum absolute atomic E-state index is 14.8. The van der Waals surface area contributed by atoms with Crippen molar-refractivity contribution in [2.75, 3.05) is 13.2 Å². The first kappa shape index (κ1) is 36.0. The third-order valence-electron chi connectivity index (χ3n) is 14.0. The molecule has 48 heavy (non-hydrogen) atoms. The number of carbonyl (C=O) groups excluding carboxylic acids is 1. The number of ketones is 1. The number of aliphatic hydroxyl groups is 6. The van der Waals surface area contributed by atoms with Crippen LogP contribution in [0.1, 0.15) is 86.0 Å². The number of hydrogen-bond acceptors (Lipinski definition) is 11. The monoisotopic (exact) mass is 673 g/mol. The molecule has 15 unspecified atom stereocenters. The van der Waals surface area contributed by atoms with Crippen LogP contribution in [0.2, 0.25) is 0 Å². The number of nitrogens with one attached hydrogen (secondary N) is 2. The molecule has 270 valence electrons. The lowest BCUT2D eigenvalue weighted by Crippen LogP contribution is -2.65. The van der Waals surface area contributed by atoms with Crippen molar-refractivity contribution in [3.05, 3.63) is 35.2 Å². The van der Waals surface area contributed by atoms with Crippen LogP contribution in [0.4, 0.5) is 0 Å². The zero-order chi connectivity index (χ0) is 35.0. The molecule has 0 aromatic heterocycles. The van der Waals surface area contributed by atoms with Crippen LogP contribution in [0.15, 0.2) is 35.2 Å². The summed E-state index contributed by atoms with van der Waals surface area (Å²) in [7, 11) is 0. The van der Waals surface area contributed by atoms with Crippen molar-refractivity contribution in [3.63, 3.8) is 0 Å². The van der Waals surface area contributed by atoms with Gasteiger partial charge < -0.3 is 51.7 Å². The molecule has 0 radical (unpaired) electrons. The van der Waals surface area contributed by atoms with Crippen LogP contribution in [0.5, 0.6) is 0 Å². The zero-order valence-electron chi connectivity index (χ0n) is 29.2. The van der Waals surface area contributed by atoms with E-state index in [0.717, 1.165) is 5.57 Å². The summed E-state index contributed by atoms with van der Waals surface area (Å²) in [4.78, 5) is 14.8. The second kappa shape index (κ2) is 12.7. The maximum atomic E-state index is 14.8. The number of rotatable bonds is 9. The molecule has 4 fully saturated rings. The molecule has 6 rings (SSSR count). The van der Waals surface area contributed by atoms with Gasteiger partial charge in [0.05, 0.1) is 47.5 Å². The van der Waals surface area contributed by atoms with Crippen molar-refractivity contribution in [3.8, 4) is 0 Å². The fourth-order valence-corrected chi connectivity index (χ4v) is 11.0. The molecular weight excluding hydrogens is 614 g/mol. The van der Waals surface area contributed by atoms with Crippen molar-refractivity contribution in [1.29, 1.82) is 0 Å². The van der Waals surface area contributed by atoms with Crippen molar-refractivity contribution >= 4 is 5.78 Å². The van der Waals surface area contributed by atoms with E-state index in [9.17, 15) is 35.4 Å². The van der Waals surface area contributed by atoms with Gasteiger partial charge in [0.25, 0.3) is 0 Å².